The Balaban J connectivity index is 0.00000450. The van der Waals surface area contributed by atoms with Gasteiger partial charge >= 0.3 is 0 Å². The average Bonchev–Trinajstić information content (AvgIpc) is 2.73. The van der Waals surface area contributed by atoms with Gasteiger partial charge in [0.05, 0.1) is 13.7 Å². The van der Waals surface area contributed by atoms with E-state index in [1.54, 1.807) is 25.1 Å². The lowest BCUT2D eigenvalue weighted by Gasteiger charge is -2.13. The number of benzene rings is 2. The van der Waals surface area contributed by atoms with Crippen molar-refractivity contribution in [1.29, 1.82) is 0 Å². The van der Waals surface area contributed by atoms with E-state index in [4.69, 9.17) is 4.74 Å². The predicted molar refractivity (Wildman–Crippen MR) is 131 cm³/mol. The van der Waals surface area contributed by atoms with Crippen LogP contribution in [0.5, 0.6) is 11.5 Å². The maximum Gasteiger partial charge on any atom is 0.253 e. The Hall–Kier alpha value is -2.49. The Morgan fingerprint density at radius 1 is 1.13 bits per heavy atom. The van der Waals surface area contributed by atoms with Crippen molar-refractivity contribution in [2.75, 3.05) is 34.3 Å². The molecular formula is C22H31IN4O3. The van der Waals surface area contributed by atoms with Crippen LogP contribution in [0.25, 0.3) is 0 Å². The number of ether oxygens (including phenoxy) is 1. The molecule has 0 saturated heterocycles. The highest BCUT2D eigenvalue weighted by Gasteiger charge is 2.08. The third kappa shape index (κ3) is 7.40. The fourth-order valence-corrected chi connectivity index (χ4v) is 2.77. The molecular weight excluding hydrogens is 495 g/mol. The normalized spacial score (nSPS) is 10.7. The van der Waals surface area contributed by atoms with Gasteiger partial charge in [-0.3, -0.25) is 4.79 Å². The molecule has 8 heteroatoms. The molecule has 0 aliphatic carbocycles. The predicted octanol–water partition coefficient (Wildman–Crippen LogP) is 3.02. The van der Waals surface area contributed by atoms with Crippen LogP contribution in [0.3, 0.4) is 0 Å². The third-order valence-electron chi connectivity index (χ3n) is 4.36. The molecule has 0 radical (unpaired) electrons. The number of para-hydroxylation sites is 1. The van der Waals surface area contributed by atoms with Crippen molar-refractivity contribution >= 4 is 35.8 Å². The molecule has 0 fully saturated rings. The summed E-state index contributed by atoms with van der Waals surface area (Å²) in [4.78, 5) is 18.1. The molecule has 0 aromatic heterocycles. The van der Waals surface area contributed by atoms with Crippen LogP contribution in [0.4, 0.5) is 0 Å². The summed E-state index contributed by atoms with van der Waals surface area (Å²) in [6.45, 7) is 3.86. The first kappa shape index (κ1) is 25.5. The quantitative estimate of drug-likeness (QED) is 0.280. The number of phenolic OH excluding ortho intramolecular Hbond substituents is 1. The molecule has 7 nitrogen and oxygen atoms in total. The van der Waals surface area contributed by atoms with E-state index in [9.17, 15) is 9.90 Å². The second-order valence-electron chi connectivity index (χ2n) is 6.74. The van der Waals surface area contributed by atoms with Crippen molar-refractivity contribution in [3.05, 3.63) is 59.2 Å². The van der Waals surface area contributed by atoms with E-state index in [1.807, 2.05) is 43.3 Å². The highest BCUT2D eigenvalue weighted by Crippen LogP contribution is 2.29. The summed E-state index contributed by atoms with van der Waals surface area (Å²) in [7, 11) is 5.01. The highest BCUT2D eigenvalue weighted by molar-refractivity contribution is 14.0. The number of guanidine groups is 1. The number of halogens is 1. The molecule has 0 aliphatic rings. The number of aliphatic imine (C=N–C) groups is 1. The van der Waals surface area contributed by atoms with Crippen molar-refractivity contribution < 1.29 is 14.6 Å². The SMILES string of the molecule is CCNC(=NCc1ccc(C(=O)N(C)C)cc1)NCCc1cccc(OC)c1O.I. The summed E-state index contributed by atoms with van der Waals surface area (Å²) in [5.41, 5.74) is 2.49. The van der Waals surface area contributed by atoms with Crippen LogP contribution in [-0.4, -0.2) is 56.2 Å². The molecule has 0 unspecified atom stereocenters. The third-order valence-corrected chi connectivity index (χ3v) is 4.36. The summed E-state index contributed by atoms with van der Waals surface area (Å²) in [5, 5.41) is 16.7. The first-order valence-electron chi connectivity index (χ1n) is 9.63. The van der Waals surface area contributed by atoms with Crippen LogP contribution >= 0.6 is 24.0 Å². The molecule has 2 aromatic carbocycles. The number of rotatable bonds is 8. The van der Waals surface area contributed by atoms with Crippen LogP contribution in [0.2, 0.25) is 0 Å². The fraction of sp³-hybridized carbons (Fsp3) is 0.364. The Bertz CT molecular complexity index is 839. The number of hydrogen-bond donors (Lipinski definition) is 3. The number of phenols is 1. The van der Waals surface area contributed by atoms with Crippen molar-refractivity contribution in [2.24, 2.45) is 4.99 Å². The molecule has 0 atom stereocenters. The maximum absolute atomic E-state index is 12.0. The molecule has 164 valence electrons. The Morgan fingerprint density at radius 2 is 1.83 bits per heavy atom. The van der Waals surface area contributed by atoms with Gasteiger partial charge in [-0.05, 0) is 42.7 Å². The van der Waals surface area contributed by atoms with Crippen LogP contribution in [0.15, 0.2) is 47.5 Å². The van der Waals surface area contributed by atoms with E-state index in [-0.39, 0.29) is 35.6 Å². The van der Waals surface area contributed by atoms with Gasteiger partial charge in [0.2, 0.25) is 0 Å². The molecule has 2 rings (SSSR count). The minimum absolute atomic E-state index is 0. The van der Waals surface area contributed by atoms with Crippen LogP contribution < -0.4 is 15.4 Å². The number of carbonyl (C=O) groups is 1. The van der Waals surface area contributed by atoms with Gasteiger partial charge in [-0.1, -0.05) is 24.3 Å². The Morgan fingerprint density at radius 3 is 2.43 bits per heavy atom. The minimum atomic E-state index is -0.0177. The average molecular weight is 526 g/mol. The molecule has 2 aromatic rings. The number of carbonyl (C=O) groups excluding carboxylic acids is 1. The van der Waals surface area contributed by atoms with Gasteiger partial charge in [0.25, 0.3) is 5.91 Å². The van der Waals surface area contributed by atoms with Crippen molar-refractivity contribution in [3.8, 4) is 11.5 Å². The number of amides is 1. The lowest BCUT2D eigenvalue weighted by molar-refractivity contribution is 0.0827. The lowest BCUT2D eigenvalue weighted by atomic mass is 10.1. The van der Waals surface area contributed by atoms with Crippen LogP contribution in [-0.2, 0) is 13.0 Å². The minimum Gasteiger partial charge on any atom is -0.504 e. The number of nitrogens with zero attached hydrogens (tertiary/aromatic N) is 2. The summed E-state index contributed by atoms with van der Waals surface area (Å²) in [6, 6.07) is 12.9. The van der Waals surface area contributed by atoms with Crippen molar-refractivity contribution in [3.63, 3.8) is 0 Å². The first-order valence-corrected chi connectivity index (χ1v) is 9.63. The van der Waals surface area contributed by atoms with Crippen LogP contribution in [0.1, 0.15) is 28.4 Å². The van der Waals surface area contributed by atoms with E-state index < -0.39 is 0 Å². The second-order valence-corrected chi connectivity index (χ2v) is 6.74. The molecule has 1 amide bonds. The van der Waals surface area contributed by atoms with Gasteiger partial charge in [0, 0.05) is 32.7 Å². The van der Waals surface area contributed by atoms with Crippen molar-refractivity contribution in [1.82, 2.24) is 15.5 Å². The Kier molecular flexibility index (Phi) is 11.0. The van der Waals surface area contributed by atoms with Gasteiger partial charge in [-0.25, -0.2) is 4.99 Å². The monoisotopic (exact) mass is 526 g/mol. The molecule has 3 N–H and O–H groups in total. The molecule has 30 heavy (non-hydrogen) atoms. The summed E-state index contributed by atoms with van der Waals surface area (Å²) < 4.78 is 5.15. The number of nitrogens with one attached hydrogen (secondary N) is 2. The van der Waals surface area contributed by atoms with Gasteiger partial charge < -0.3 is 25.4 Å². The smallest absolute Gasteiger partial charge is 0.253 e. The summed E-state index contributed by atoms with van der Waals surface area (Å²) in [6.07, 6.45) is 0.634. The lowest BCUT2D eigenvalue weighted by Crippen LogP contribution is -2.38. The molecule has 0 saturated carbocycles. The topological polar surface area (TPSA) is 86.2 Å². The van der Waals surface area contributed by atoms with E-state index >= 15 is 0 Å². The second kappa shape index (κ2) is 12.9. The molecule has 0 spiro atoms. The largest absolute Gasteiger partial charge is 0.504 e. The van der Waals surface area contributed by atoms with Crippen LogP contribution in [0, 0.1) is 0 Å². The van der Waals surface area contributed by atoms with E-state index in [0.29, 0.717) is 36.8 Å². The fourth-order valence-electron chi connectivity index (χ4n) is 2.77. The van der Waals surface area contributed by atoms with Crippen molar-refractivity contribution in [2.45, 2.75) is 19.9 Å². The van der Waals surface area contributed by atoms with E-state index in [1.165, 1.54) is 7.11 Å². The van der Waals surface area contributed by atoms with E-state index in [0.717, 1.165) is 17.7 Å². The highest BCUT2D eigenvalue weighted by atomic mass is 127. The molecule has 0 aliphatic heterocycles. The zero-order valence-electron chi connectivity index (χ0n) is 17.9. The van der Waals surface area contributed by atoms with E-state index in [2.05, 4.69) is 15.6 Å². The van der Waals surface area contributed by atoms with Gasteiger partial charge in [-0.15, -0.1) is 24.0 Å². The molecule has 0 heterocycles. The zero-order valence-corrected chi connectivity index (χ0v) is 20.3. The summed E-state index contributed by atoms with van der Waals surface area (Å²) >= 11 is 0. The summed E-state index contributed by atoms with van der Waals surface area (Å²) in [5.74, 6) is 1.32. The zero-order chi connectivity index (χ0) is 21.2. The van der Waals surface area contributed by atoms with Gasteiger partial charge in [0.1, 0.15) is 0 Å². The standard InChI is InChI=1S/C22H30N4O3.HI/c1-5-23-22(24-14-13-17-7-6-8-19(29-4)20(17)27)25-15-16-9-11-18(12-10-16)21(28)26(2)3;/h6-12,27H,5,13-15H2,1-4H3,(H2,23,24,25);1H. The number of hydrogen-bond acceptors (Lipinski definition) is 4. The number of aromatic hydroxyl groups is 1. The first-order chi connectivity index (χ1) is 14.0. The maximum atomic E-state index is 12.0. The molecule has 0 bridgehead atoms. The van der Waals surface area contributed by atoms with Gasteiger partial charge in [-0.2, -0.15) is 0 Å². The Labute approximate surface area is 195 Å². The number of methoxy groups -OCH3 is 1. The van der Waals surface area contributed by atoms with Gasteiger partial charge in [0.15, 0.2) is 17.5 Å².